The second-order valence-electron chi connectivity index (χ2n) is 7.62. The standard InChI is InChI=1S/C18H27N5O3/c1-18(2,3)26-17(25)21-6-4-16(5-7-21)23-13-15(11-20-23)14-10-19-22(12-14)8-9-24/h10-13,16,24H,4-9H2,1-3H3. The average molecular weight is 361 g/mol. The van der Waals surface area contributed by atoms with Gasteiger partial charge in [0, 0.05) is 36.6 Å². The van der Waals surface area contributed by atoms with Crippen LogP contribution in [-0.2, 0) is 11.3 Å². The van der Waals surface area contributed by atoms with E-state index in [4.69, 9.17) is 9.84 Å². The van der Waals surface area contributed by atoms with Crippen molar-refractivity contribution in [3.05, 3.63) is 24.8 Å². The van der Waals surface area contributed by atoms with Crippen LogP contribution >= 0.6 is 0 Å². The number of hydrogen-bond donors (Lipinski definition) is 1. The largest absolute Gasteiger partial charge is 0.444 e. The van der Waals surface area contributed by atoms with E-state index in [1.54, 1.807) is 15.8 Å². The molecule has 1 aliphatic heterocycles. The van der Waals surface area contributed by atoms with Crippen LogP contribution in [0.2, 0.25) is 0 Å². The van der Waals surface area contributed by atoms with Crippen molar-refractivity contribution in [3.63, 3.8) is 0 Å². The first-order valence-electron chi connectivity index (χ1n) is 9.01. The minimum atomic E-state index is -0.467. The zero-order chi connectivity index (χ0) is 18.7. The van der Waals surface area contributed by atoms with Gasteiger partial charge in [-0.05, 0) is 33.6 Å². The molecule has 0 bridgehead atoms. The van der Waals surface area contributed by atoms with Crippen LogP contribution < -0.4 is 0 Å². The fourth-order valence-corrected chi connectivity index (χ4v) is 3.06. The second kappa shape index (κ2) is 7.49. The van der Waals surface area contributed by atoms with E-state index in [9.17, 15) is 4.79 Å². The summed E-state index contributed by atoms with van der Waals surface area (Å²) in [6.45, 7) is 7.53. The minimum Gasteiger partial charge on any atom is -0.444 e. The lowest BCUT2D eigenvalue weighted by Crippen LogP contribution is -2.42. The quantitative estimate of drug-likeness (QED) is 0.903. The van der Waals surface area contributed by atoms with E-state index >= 15 is 0 Å². The molecule has 142 valence electrons. The first-order valence-corrected chi connectivity index (χ1v) is 9.01. The van der Waals surface area contributed by atoms with Gasteiger partial charge in [0.25, 0.3) is 0 Å². The summed E-state index contributed by atoms with van der Waals surface area (Å²) in [5, 5.41) is 17.7. The number of rotatable bonds is 4. The van der Waals surface area contributed by atoms with Crippen molar-refractivity contribution >= 4 is 6.09 Å². The van der Waals surface area contributed by atoms with Crippen LogP contribution in [0.1, 0.15) is 39.7 Å². The molecule has 2 aromatic rings. The van der Waals surface area contributed by atoms with E-state index < -0.39 is 5.60 Å². The van der Waals surface area contributed by atoms with Crippen LogP contribution in [0.15, 0.2) is 24.8 Å². The molecule has 0 aromatic carbocycles. The molecule has 3 heterocycles. The molecular weight excluding hydrogens is 334 g/mol. The number of amides is 1. The Morgan fingerprint density at radius 3 is 2.50 bits per heavy atom. The van der Waals surface area contributed by atoms with Crippen molar-refractivity contribution in [1.82, 2.24) is 24.5 Å². The van der Waals surface area contributed by atoms with Crippen molar-refractivity contribution in [2.24, 2.45) is 0 Å². The number of likely N-dealkylation sites (tertiary alicyclic amines) is 1. The van der Waals surface area contributed by atoms with Crippen LogP contribution in [0.3, 0.4) is 0 Å². The Morgan fingerprint density at radius 2 is 1.85 bits per heavy atom. The van der Waals surface area contributed by atoms with Gasteiger partial charge < -0.3 is 14.7 Å². The molecule has 8 heteroatoms. The van der Waals surface area contributed by atoms with Gasteiger partial charge in [-0.25, -0.2) is 4.79 Å². The van der Waals surface area contributed by atoms with Crippen LogP contribution in [-0.4, -0.2) is 61.0 Å². The average Bonchev–Trinajstić information content (AvgIpc) is 3.23. The number of carbonyl (C=O) groups is 1. The summed E-state index contributed by atoms with van der Waals surface area (Å²) in [6.07, 6.45) is 9.00. The summed E-state index contributed by atoms with van der Waals surface area (Å²) in [5.74, 6) is 0. The number of aliphatic hydroxyl groups is 1. The van der Waals surface area contributed by atoms with E-state index in [0.29, 0.717) is 19.6 Å². The molecule has 0 radical (unpaired) electrons. The van der Waals surface area contributed by atoms with E-state index in [1.807, 2.05) is 44.0 Å². The Kier molecular flexibility index (Phi) is 5.31. The van der Waals surface area contributed by atoms with Gasteiger partial charge >= 0.3 is 6.09 Å². The van der Waals surface area contributed by atoms with Crippen LogP contribution in [0, 0.1) is 0 Å². The highest BCUT2D eigenvalue weighted by Gasteiger charge is 2.27. The minimum absolute atomic E-state index is 0.0661. The Balaban J connectivity index is 1.58. The molecule has 1 fully saturated rings. The predicted molar refractivity (Wildman–Crippen MR) is 96.6 cm³/mol. The third kappa shape index (κ3) is 4.43. The van der Waals surface area contributed by atoms with Gasteiger partial charge in [0.05, 0.1) is 31.6 Å². The molecule has 0 unspecified atom stereocenters. The second-order valence-corrected chi connectivity index (χ2v) is 7.62. The first kappa shape index (κ1) is 18.4. The maximum absolute atomic E-state index is 12.2. The lowest BCUT2D eigenvalue weighted by Gasteiger charge is -2.33. The van der Waals surface area contributed by atoms with Gasteiger partial charge in [0.2, 0.25) is 0 Å². The van der Waals surface area contributed by atoms with Crippen LogP contribution in [0.4, 0.5) is 4.79 Å². The Hall–Kier alpha value is -2.35. The van der Waals surface area contributed by atoms with Crippen molar-refractivity contribution in [2.75, 3.05) is 19.7 Å². The normalized spacial score (nSPS) is 16.1. The molecule has 1 aliphatic rings. The molecule has 0 aliphatic carbocycles. The summed E-state index contributed by atoms with van der Waals surface area (Å²) in [4.78, 5) is 13.9. The zero-order valence-electron chi connectivity index (χ0n) is 15.6. The molecule has 0 atom stereocenters. The number of carbonyl (C=O) groups excluding carboxylic acids is 1. The summed E-state index contributed by atoms with van der Waals surface area (Å²) < 4.78 is 9.13. The van der Waals surface area contributed by atoms with E-state index in [2.05, 4.69) is 10.2 Å². The molecule has 26 heavy (non-hydrogen) atoms. The maximum Gasteiger partial charge on any atom is 0.410 e. The highest BCUT2D eigenvalue weighted by molar-refractivity contribution is 5.68. The molecule has 3 rings (SSSR count). The number of hydrogen-bond acceptors (Lipinski definition) is 5. The Labute approximate surface area is 153 Å². The number of aromatic nitrogens is 4. The Bertz CT molecular complexity index is 738. The molecule has 2 aromatic heterocycles. The number of nitrogens with zero attached hydrogens (tertiary/aromatic N) is 5. The lowest BCUT2D eigenvalue weighted by molar-refractivity contribution is 0.0185. The number of aliphatic hydroxyl groups excluding tert-OH is 1. The van der Waals surface area contributed by atoms with Gasteiger partial charge in [-0.3, -0.25) is 9.36 Å². The fourth-order valence-electron chi connectivity index (χ4n) is 3.06. The van der Waals surface area contributed by atoms with Crippen LogP contribution in [0.25, 0.3) is 11.1 Å². The molecule has 1 saturated heterocycles. The third-order valence-electron chi connectivity index (χ3n) is 4.39. The van der Waals surface area contributed by atoms with Gasteiger partial charge in [0.15, 0.2) is 0 Å². The predicted octanol–water partition coefficient (Wildman–Crippen LogP) is 2.31. The molecule has 0 saturated carbocycles. The molecule has 1 N–H and O–H groups in total. The van der Waals surface area contributed by atoms with Crippen molar-refractivity contribution in [1.29, 1.82) is 0 Å². The van der Waals surface area contributed by atoms with Gasteiger partial charge in [-0.15, -0.1) is 0 Å². The summed E-state index contributed by atoms with van der Waals surface area (Å²) in [7, 11) is 0. The summed E-state index contributed by atoms with van der Waals surface area (Å²) in [6, 6.07) is 0.273. The van der Waals surface area contributed by atoms with Crippen molar-refractivity contribution in [3.8, 4) is 11.1 Å². The van der Waals surface area contributed by atoms with E-state index in [0.717, 1.165) is 24.0 Å². The third-order valence-corrected chi connectivity index (χ3v) is 4.39. The number of ether oxygens (including phenoxy) is 1. The van der Waals surface area contributed by atoms with Crippen LogP contribution in [0.5, 0.6) is 0 Å². The molecular formula is C18H27N5O3. The lowest BCUT2D eigenvalue weighted by atomic mass is 10.1. The maximum atomic E-state index is 12.2. The van der Waals surface area contributed by atoms with E-state index in [-0.39, 0.29) is 18.7 Å². The first-order chi connectivity index (χ1) is 12.4. The molecule has 1 amide bonds. The fraction of sp³-hybridized carbons (Fsp3) is 0.611. The van der Waals surface area contributed by atoms with Gasteiger partial charge in [-0.2, -0.15) is 10.2 Å². The Morgan fingerprint density at radius 1 is 1.19 bits per heavy atom. The van der Waals surface area contributed by atoms with Crippen molar-refractivity contribution < 1.29 is 14.6 Å². The summed E-state index contributed by atoms with van der Waals surface area (Å²) >= 11 is 0. The summed E-state index contributed by atoms with van der Waals surface area (Å²) in [5.41, 5.74) is 1.52. The van der Waals surface area contributed by atoms with E-state index in [1.165, 1.54) is 0 Å². The molecule has 8 nitrogen and oxygen atoms in total. The number of piperidine rings is 1. The highest BCUT2D eigenvalue weighted by atomic mass is 16.6. The smallest absolute Gasteiger partial charge is 0.410 e. The topological polar surface area (TPSA) is 85.4 Å². The van der Waals surface area contributed by atoms with Crippen molar-refractivity contribution in [2.45, 2.75) is 51.8 Å². The molecule has 0 spiro atoms. The highest BCUT2D eigenvalue weighted by Crippen LogP contribution is 2.26. The SMILES string of the molecule is CC(C)(C)OC(=O)N1CCC(n2cc(-c3cnn(CCO)c3)cn2)CC1. The monoisotopic (exact) mass is 361 g/mol. The van der Waals surface area contributed by atoms with Gasteiger partial charge in [-0.1, -0.05) is 0 Å². The zero-order valence-corrected chi connectivity index (χ0v) is 15.6. The van der Waals surface area contributed by atoms with Gasteiger partial charge in [0.1, 0.15) is 5.60 Å².